The standard InChI is InChI=1S/C20H20Cl2IN3O2/c1-11-10-24-19(22)17(18(11)21)12(2)28-13-6-7-15-14(9-13)20(23)25-26(15)16-5-3-4-8-27-16/h6-7,9-10,12,16H,3-5,8H2,1-2H3/t12-,16?/m1/s1. The maximum Gasteiger partial charge on any atom is 0.150 e. The number of fused-ring (bicyclic) bond motifs is 1. The van der Waals surface area contributed by atoms with Gasteiger partial charge in [-0.05, 0) is 79.5 Å². The smallest absolute Gasteiger partial charge is 0.150 e. The average molecular weight is 532 g/mol. The molecule has 2 atom stereocenters. The SMILES string of the molecule is Cc1cnc(Cl)c([C@@H](C)Oc2ccc3c(c2)c(I)nn3C2CCCCO2)c1Cl. The van der Waals surface area contributed by atoms with Crippen LogP contribution >= 0.6 is 45.8 Å². The van der Waals surface area contributed by atoms with Crippen LogP contribution < -0.4 is 4.74 Å². The highest BCUT2D eigenvalue weighted by atomic mass is 127. The summed E-state index contributed by atoms with van der Waals surface area (Å²) in [5, 5.41) is 6.69. The summed E-state index contributed by atoms with van der Waals surface area (Å²) in [6.45, 7) is 4.61. The number of aryl methyl sites for hydroxylation is 1. The van der Waals surface area contributed by atoms with Crippen LogP contribution in [0.5, 0.6) is 5.75 Å². The second-order valence-electron chi connectivity index (χ2n) is 6.96. The molecule has 0 bridgehead atoms. The summed E-state index contributed by atoms with van der Waals surface area (Å²) in [7, 11) is 0. The monoisotopic (exact) mass is 531 g/mol. The van der Waals surface area contributed by atoms with Gasteiger partial charge in [0, 0.05) is 23.8 Å². The molecule has 0 aliphatic carbocycles. The number of nitrogens with zero attached hydrogens (tertiary/aromatic N) is 3. The van der Waals surface area contributed by atoms with E-state index >= 15 is 0 Å². The van der Waals surface area contributed by atoms with Gasteiger partial charge < -0.3 is 9.47 Å². The highest BCUT2D eigenvalue weighted by molar-refractivity contribution is 14.1. The Kier molecular flexibility index (Phi) is 6.01. The van der Waals surface area contributed by atoms with Gasteiger partial charge in [0.15, 0.2) is 6.23 Å². The van der Waals surface area contributed by atoms with Crippen LogP contribution in [0.4, 0.5) is 0 Å². The molecule has 1 aliphatic rings. The number of aromatic nitrogens is 3. The van der Waals surface area contributed by atoms with Crippen LogP contribution in [0.1, 0.15) is 49.6 Å². The molecule has 5 nitrogen and oxygen atoms in total. The number of hydrogen-bond acceptors (Lipinski definition) is 4. The Morgan fingerprint density at radius 1 is 1.32 bits per heavy atom. The van der Waals surface area contributed by atoms with Crippen molar-refractivity contribution in [2.45, 2.75) is 45.4 Å². The van der Waals surface area contributed by atoms with Gasteiger partial charge in [-0.2, -0.15) is 5.10 Å². The van der Waals surface area contributed by atoms with Crippen LogP contribution in [0.15, 0.2) is 24.4 Å². The number of ether oxygens (including phenoxy) is 2. The van der Waals surface area contributed by atoms with Crippen molar-refractivity contribution in [3.63, 3.8) is 0 Å². The second kappa shape index (κ2) is 8.34. The van der Waals surface area contributed by atoms with E-state index in [4.69, 9.17) is 37.8 Å². The highest BCUT2D eigenvalue weighted by Gasteiger charge is 2.22. The zero-order valence-corrected chi connectivity index (χ0v) is 19.3. The first-order valence-corrected chi connectivity index (χ1v) is 11.1. The Morgan fingerprint density at radius 2 is 2.14 bits per heavy atom. The Hall–Kier alpha value is -1.09. The van der Waals surface area contributed by atoms with Crippen LogP contribution in [0.25, 0.3) is 10.9 Å². The van der Waals surface area contributed by atoms with Gasteiger partial charge in [0.25, 0.3) is 0 Å². The number of hydrogen-bond donors (Lipinski definition) is 0. The molecule has 0 N–H and O–H groups in total. The highest BCUT2D eigenvalue weighted by Crippen LogP contribution is 2.36. The van der Waals surface area contributed by atoms with Gasteiger partial charge in [0.2, 0.25) is 0 Å². The third-order valence-electron chi connectivity index (χ3n) is 4.96. The minimum atomic E-state index is -0.334. The molecule has 3 heterocycles. The molecule has 1 aliphatic heterocycles. The molecular formula is C20H20Cl2IN3O2. The predicted molar refractivity (Wildman–Crippen MR) is 119 cm³/mol. The lowest BCUT2D eigenvalue weighted by molar-refractivity contribution is -0.0368. The number of rotatable bonds is 4. The van der Waals surface area contributed by atoms with Gasteiger partial charge in [-0.25, -0.2) is 9.67 Å². The molecule has 8 heteroatoms. The van der Waals surface area contributed by atoms with E-state index in [0.29, 0.717) is 15.7 Å². The van der Waals surface area contributed by atoms with Crippen molar-refractivity contribution in [2.75, 3.05) is 6.61 Å². The van der Waals surface area contributed by atoms with E-state index in [-0.39, 0.29) is 12.3 Å². The zero-order valence-electron chi connectivity index (χ0n) is 15.6. The van der Waals surface area contributed by atoms with Crippen LogP contribution in [0.3, 0.4) is 0 Å². The summed E-state index contributed by atoms with van der Waals surface area (Å²) in [6.07, 6.45) is 4.59. The van der Waals surface area contributed by atoms with Gasteiger partial charge in [-0.3, -0.25) is 0 Å². The van der Waals surface area contributed by atoms with E-state index in [1.54, 1.807) is 6.20 Å². The maximum absolute atomic E-state index is 6.44. The third kappa shape index (κ3) is 3.84. The van der Waals surface area contributed by atoms with Crippen LogP contribution in [0.2, 0.25) is 10.2 Å². The lowest BCUT2D eigenvalue weighted by Gasteiger charge is -2.23. The number of halogens is 3. The lowest BCUT2D eigenvalue weighted by atomic mass is 10.1. The summed E-state index contributed by atoms with van der Waals surface area (Å²) in [4.78, 5) is 4.19. The second-order valence-corrected chi connectivity index (χ2v) is 8.71. The molecule has 3 aromatic rings. The van der Waals surface area contributed by atoms with Crippen molar-refractivity contribution < 1.29 is 9.47 Å². The van der Waals surface area contributed by atoms with Gasteiger partial charge in [0.05, 0.1) is 10.5 Å². The Morgan fingerprint density at radius 3 is 2.89 bits per heavy atom. The first-order chi connectivity index (χ1) is 13.5. The van der Waals surface area contributed by atoms with Gasteiger partial charge in [-0.15, -0.1) is 0 Å². The van der Waals surface area contributed by atoms with Gasteiger partial charge in [0.1, 0.15) is 20.7 Å². The minimum Gasteiger partial charge on any atom is -0.486 e. The average Bonchev–Trinajstić information content (AvgIpc) is 3.02. The summed E-state index contributed by atoms with van der Waals surface area (Å²) in [5.41, 5.74) is 2.62. The zero-order chi connectivity index (χ0) is 19.8. The fraction of sp³-hybridized carbons (Fsp3) is 0.400. The van der Waals surface area contributed by atoms with E-state index in [9.17, 15) is 0 Å². The van der Waals surface area contributed by atoms with Crippen molar-refractivity contribution in [1.82, 2.24) is 14.8 Å². The third-order valence-corrected chi connectivity index (χ3v) is 6.56. The molecule has 0 radical (unpaired) electrons. The molecule has 4 rings (SSSR count). The number of benzene rings is 1. The maximum atomic E-state index is 6.44. The van der Waals surface area contributed by atoms with Crippen molar-refractivity contribution in [1.29, 1.82) is 0 Å². The van der Waals surface area contributed by atoms with E-state index < -0.39 is 0 Å². The quantitative estimate of drug-likeness (QED) is 0.285. The largest absolute Gasteiger partial charge is 0.486 e. The fourth-order valence-electron chi connectivity index (χ4n) is 3.48. The van der Waals surface area contributed by atoms with Crippen molar-refractivity contribution in [2.24, 2.45) is 0 Å². The van der Waals surface area contributed by atoms with Crippen molar-refractivity contribution >= 4 is 56.7 Å². The summed E-state index contributed by atoms with van der Waals surface area (Å²) in [5.74, 6) is 0.732. The predicted octanol–water partition coefficient (Wildman–Crippen LogP) is 6.49. The van der Waals surface area contributed by atoms with E-state index in [0.717, 1.165) is 51.8 Å². The topological polar surface area (TPSA) is 49.2 Å². The molecule has 1 unspecified atom stereocenters. The molecule has 0 saturated carbocycles. The molecular weight excluding hydrogens is 512 g/mol. The Bertz CT molecular complexity index is 1020. The molecule has 0 amide bonds. The lowest BCUT2D eigenvalue weighted by Crippen LogP contribution is -2.19. The normalized spacial score (nSPS) is 18.4. The van der Waals surface area contributed by atoms with Crippen molar-refractivity contribution in [3.8, 4) is 5.75 Å². The van der Waals surface area contributed by atoms with Crippen LogP contribution in [-0.4, -0.2) is 21.4 Å². The van der Waals surface area contributed by atoms with E-state index in [1.807, 2.05) is 36.7 Å². The first kappa shape index (κ1) is 20.2. The van der Waals surface area contributed by atoms with E-state index in [1.165, 1.54) is 0 Å². The van der Waals surface area contributed by atoms with E-state index in [2.05, 4.69) is 27.6 Å². The van der Waals surface area contributed by atoms with Crippen molar-refractivity contribution in [3.05, 3.63) is 49.4 Å². The Labute approximate surface area is 187 Å². The molecule has 1 aromatic carbocycles. The van der Waals surface area contributed by atoms with Crippen LogP contribution in [0, 0.1) is 10.6 Å². The molecule has 2 aromatic heterocycles. The molecule has 0 spiro atoms. The summed E-state index contributed by atoms with van der Waals surface area (Å²) >= 11 is 15.0. The van der Waals surface area contributed by atoms with Gasteiger partial charge in [-0.1, -0.05) is 23.2 Å². The molecule has 1 saturated heterocycles. The first-order valence-electron chi connectivity index (χ1n) is 9.22. The summed E-state index contributed by atoms with van der Waals surface area (Å²) < 4.78 is 15.0. The molecule has 1 fully saturated rings. The summed E-state index contributed by atoms with van der Waals surface area (Å²) in [6, 6.07) is 5.98. The van der Waals surface area contributed by atoms with Gasteiger partial charge >= 0.3 is 0 Å². The number of pyridine rings is 1. The Balaban J connectivity index is 1.64. The fourth-order valence-corrected chi connectivity index (χ4v) is 4.79. The minimum absolute atomic E-state index is 0.00133. The molecule has 148 valence electrons. The van der Waals surface area contributed by atoms with Crippen LogP contribution in [-0.2, 0) is 4.74 Å². The molecule has 28 heavy (non-hydrogen) atoms.